The van der Waals surface area contributed by atoms with Gasteiger partial charge in [0, 0.05) is 35.4 Å². The lowest BCUT2D eigenvalue weighted by atomic mass is 9.92. The molecule has 7 heteroatoms. The van der Waals surface area contributed by atoms with Gasteiger partial charge in [-0.05, 0) is 69.4 Å². The number of hydrogen-bond acceptors (Lipinski definition) is 4. The Kier molecular flexibility index (Phi) is 6.37. The summed E-state index contributed by atoms with van der Waals surface area (Å²) in [7, 11) is 0. The summed E-state index contributed by atoms with van der Waals surface area (Å²) >= 11 is 6.36. The minimum Gasteiger partial charge on any atom is -0.340 e. The second kappa shape index (κ2) is 9.18. The molecule has 1 atom stereocenters. The van der Waals surface area contributed by atoms with E-state index < -0.39 is 0 Å². The summed E-state index contributed by atoms with van der Waals surface area (Å²) in [6, 6.07) is 12.2. The fourth-order valence-corrected chi connectivity index (χ4v) is 4.53. The Labute approximate surface area is 188 Å². The number of carbonyl (C=O) groups excluding carboxylic acids is 1. The molecule has 0 N–H and O–H groups in total. The zero-order valence-corrected chi connectivity index (χ0v) is 19.1. The van der Waals surface area contributed by atoms with Gasteiger partial charge in [0.05, 0.1) is 0 Å². The van der Waals surface area contributed by atoms with Gasteiger partial charge in [-0.1, -0.05) is 29.8 Å². The van der Waals surface area contributed by atoms with E-state index in [2.05, 4.69) is 28.3 Å². The minimum atomic E-state index is 0.0849. The van der Waals surface area contributed by atoms with E-state index in [9.17, 15) is 4.79 Å². The first-order valence-electron chi connectivity index (χ1n) is 10.8. The lowest BCUT2D eigenvalue weighted by Gasteiger charge is -2.33. The van der Waals surface area contributed by atoms with E-state index in [1.165, 1.54) is 5.56 Å². The van der Waals surface area contributed by atoms with Crippen LogP contribution in [0.1, 0.15) is 52.9 Å². The van der Waals surface area contributed by atoms with E-state index in [1.54, 1.807) is 4.68 Å². The Morgan fingerprint density at radius 2 is 1.97 bits per heavy atom. The van der Waals surface area contributed by atoms with Crippen LogP contribution in [0.25, 0.3) is 0 Å². The quantitative estimate of drug-likeness (QED) is 0.598. The van der Waals surface area contributed by atoms with Gasteiger partial charge in [-0.2, -0.15) is 5.10 Å². The lowest BCUT2D eigenvalue weighted by Crippen LogP contribution is -2.41. The number of pyridine rings is 1. The maximum atomic E-state index is 12.9. The Balaban J connectivity index is 1.49. The second-order valence-corrected chi connectivity index (χ2v) is 8.76. The average Bonchev–Trinajstić information content (AvgIpc) is 3.06. The zero-order chi connectivity index (χ0) is 22.0. The van der Waals surface area contributed by atoms with Gasteiger partial charge < -0.3 is 4.90 Å². The molecule has 1 aliphatic heterocycles. The first-order valence-corrected chi connectivity index (χ1v) is 11.1. The standard InChI is InChI=1S/C24H28ClN5O/c1-16-11-19(12-20-7-4-5-9-22(20)25)13-23(26-16)21-8-6-10-29(14-21)24(31)15-30-18(3)27-17(2)28-30/h4-5,7,9,11,13,21H,6,8,10,12,14-15H2,1-3H3/t21-/m0/s1. The molecular formula is C24H28ClN5O. The molecule has 0 saturated carbocycles. The number of hydrogen-bond donors (Lipinski definition) is 0. The highest BCUT2D eigenvalue weighted by Crippen LogP contribution is 2.28. The van der Waals surface area contributed by atoms with Crippen LogP contribution in [0.15, 0.2) is 36.4 Å². The van der Waals surface area contributed by atoms with Crippen molar-refractivity contribution in [3.63, 3.8) is 0 Å². The molecular weight excluding hydrogens is 410 g/mol. The number of nitrogens with zero attached hydrogens (tertiary/aromatic N) is 5. The van der Waals surface area contributed by atoms with Crippen LogP contribution in [0.5, 0.6) is 0 Å². The minimum absolute atomic E-state index is 0.0849. The lowest BCUT2D eigenvalue weighted by molar-refractivity contribution is -0.133. The molecule has 0 unspecified atom stereocenters. The van der Waals surface area contributed by atoms with E-state index in [-0.39, 0.29) is 18.4 Å². The molecule has 1 aliphatic rings. The van der Waals surface area contributed by atoms with E-state index in [0.717, 1.165) is 53.6 Å². The molecule has 0 aliphatic carbocycles. The van der Waals surface area contributed by atoms with Crippen LogP contribution in [0, 0.1) is 20.8 Å². The predicted molar refractivity (Wildman–Crippen MR) is 121 cm³/mol. The van der Waals surface area contributed by atoms with Gasteiger partial charge in [-0.3, -0.25) is 9.78 Å². The van der Waals surface area contributed by atoms with Crippen LogP contribution in [-0.4, -0.2) is 43.6 Å². The van der Waals surface area contributed by atoms with Gasteiger partial charge in [0.1, 0.15) is 18.2 Å². The molecule has 1 aromatic carbocycles. The molecule has 4 rings (SSSR count). The van der Waals surface area contributed by atoms with E-state index >= 15 is 0 Å². The van der Waals surface area contributed by atoms with E-state index in [0.29, 0.717) is 12.4 Å². The maximum absolute atomic E-state index is 12.9. The van der Waals surface area contributed by atoms with E-state index in [4.69, 9.17) is 16.6 Å². The zero-order valence-electron chi connectivity index (χ0n) is 18.3. The first kappa shape index (κ1) is 21.5. The largest absolute Gasteiger partial charge is 0.340 e. The molecule has 2 aromatic heterocycles. The molecule has 1 amide bonds. The topological polar surface area (TPSA) is 63.9 Å². The molecule has 3 heterocycles. The van der Waals surface area contributed by atoms with Crippen molar-refractivity contribution in [1.29, 1.82) is 0 Å². The molecule has 3 aromatic rings. The van der Waals surface area contributed by atoms with Crippen molar-refractivity contribution in [3.05, 3.63) is 75.6 Å². The third-order valence-electron chi connectivity index (χ3n) is 5.83. The van der Waals surface area contributed by atoms with Crippen molar-refractivity contribution < 1.29 is 4.79 Å². The Bertz CT molecular complexity index is 1090. The number of piperidine rings is 1. The number of halogens is 1. The van der Waals surface area contributed by atoms with Crippen LogP contribution >= 0.6 is 11.6 Å². The Morgan fingerprint density at radius 3 is 2.71 bits per heavy atom. The Hall–Kier alpha value is -2.73. The number of carbonyl (C=O) groups is 1. The fourth-order valence-electron chi connectivity index (χ4n) is 4.33. The average molecular weight is 438 g/mol. The summed E-state index contributed by atoms with van der Waals surface area (Å²) in [4.78, 5) is 24.0. The summed E-state index contributed by atoms with van der Waals surface area (Å²) in [5.74, 6) is 1.78. The van der Waals surface area contributed by atoms with Crippen LogP contribution in [0.3, 0.4) is 0 Å². The molecule has 0 bridgehead atoms. The van der Waals surface area contributed by atoms with Crippen LogP contribution in [0.2, 0.25) is 5.02 Å². The maximum Gasteiger partial charge on any atom is 0.244 e. The number of aromatic nitrogens is 4. The third kappa shape index (κ3) is 5.13. The van der Waals surface area contributed by atoms with Crippen molar-refractivity contribution in [1.82, 2.24) is 24.6 Å². The van der Waals surface area contributed by atoms with Gasteiger partial charge in [0.15, 0.2) is 0 Å². The van der Waals surface area contributed by atoms with E-state index in [1.807, 2.05) is 43.9 Å². The van der Waals surface area contributed by atoms with Crippen molar-refractivity contribution in [3.8, 4) is 0 Å². The molecule has 31 heavy (non-hydrogen) atoms. The molecule has 1 saturated heterocycles. The molecule has 6 nitrogen and oxygen atoms in total. The number of likely N-dealkylation sites (tertiary alicyclic amines) is 1. The highest BCUT2D eigenvalue weighted by Gasteiger charge is 2.26. The summed E-state index contributed by atoms with van der Waals surface area (Å²) in [5, 5.41) is 5.11. The fraction of sp³-hybridized carbons (Fsp3) is 0.417. The van der Waals surface area contributed by atoms with Crippen molar-refractivity contribution >= 4 is 17.5 Å². The van der Waals surface area contributed by atoms with Crippen LogP contribution in [-0.2, 0) is 17.8 Å². The number of rotatable bonds is 5. The second-order valence-electron chi connectivity index (χ2n) is 8.35. The monoisotopic (exact) mass is 437 g/mol. The van der Waals surface area contributed by atoms with Gasteiger partial charge in [-0.15, -0.1) is 0 Å². The number of aryl methyl sites for hydroxylation is 3. The highest BCUT2D eigenvalue weighted by molar-refractivity contribution is 6.31. The van der Waals surface area contributed by atoms with Gasteiger partial charge >= 0.3 is 0 Å². The molecule has 1 fully saturated rings. The van der Waals surface area contributed by atoms with Crippen molar-refractivity contribution in [2.45, 2.75) is 52.5 Å². The number of benzene rings is 1. The van der Waals surface area contributed by atoms with Gasteiger partial charge in [-0.25, -0.2) is 9.67 Å². The molecule has 162 valence electrons. The normalized spacial score (nSPS) is 16.5. The van der Waals surface area contributed by atoms with Crippen molar-refractivity contribution in [2.24, 2.45) is 0 Å². The molecule has 0 spiro atoms. The third-order valence-corrected chi connectivity index (χ3v) is 6.19. The van der Waals surface area contributed by atoms with Crippen LogP contribution in [0.4, 0.5) is 0 Å². The van der Waals surface area contributed by atoms with Crippen LogP contribution < -0.4 is 0 Å². The molecule has 0 radical (unpaired) electrons. The summed E-state index contributed by atoms with van der Waals surface area (Å²) in [6.07, 6.45) is 2.78. The highest BCUT2D eigenvalue weighted by atomic mass is 35.5. The first-order chi connectivity index (χ1) is 14.9. The van der Waals surface area contributed by atoms with Gasteiger partial charge in [0.25, 0.3) is 0 Å². The van der Waals surface area contributed by atoms with Gasteiger partial charge in [0.2, 0.25) is 5.91 Å². The Morgan fingerprint density at radius 1 is 1.16 bits per heavy atom. The smallest absolute Gasteiger partial charge is 0.244 e. The number of amides is 1. The van der Waals surface area contributed by atoms with Crippen molar-refractivity contribution in [2.75, 3.05) is 13.1 Å². The summed E-state index contributed by atoms with van der Waals surface area (Å²) in [5.41, 5.74) is 4.37. The predicted octanol–water partition coefficient (Wildman–Crippen LogP) is 4.25. The summed E-state index contributed by atoms with van der Waals surface area (Å²) < 4.78 is 1.69. The SMILES string of the molecule is Cc1cc(Cc2ccccc2Cl)cc([C@H]2CCCN(C(=O)Cn3nc(C)nc3C)C2)n1. The summed E-state index contributed by atoms with van der Waals surface area (Å²) in [6.45, 7) is 7.45.